The third-order valence-corrected chi connectivity index (χ3v) is 7.19. The van der Waals surface area contributed by atoms with Crippen LogP contribution < -0.4 is 11.4 Å². The number of benzene rings is 2. The lowest BCUT2D eigenvalue weighted by Crippen LogP contribution is -2.41. The molecule has 2 aromatic carbocycles. The van der Waals surface area contributed by atoms with Gasteiger partial charge in [-0.05, 0) is 48.7 Å². The molecule has 9 heteroatoms. The van der Waals surface area contributed by atoms with Gasteiger partial charge in [-0.1, -0.05) is 17.7 Å². The lowest BCUT2D eigenvalue weighted by Gasteiger charge is -2.37. The van der Waals surface area contributed by atoms with Crippen LogP contribution in [0.2, 0.25) is 5.02 Å². The number of aromatic hydroxyl groups is 1. The van der Waals surface area contributed by atoms with Gasteiger partial charge >= 0.3 is 5.69 Å². The summed E-state index contributed by atoms with van der Waals surface area (Å²) in [4.78, 5) is 16.7. The number of allylic oxidation sites excluding steroid dienone is 2. The van der Waals surface area contributed by atoms with Crippen LogP contribution in [0.4, 0.5) is 4.39 Å². The van der Waals surface area contributed by atoms with Crippen LogP contribution in [0.25, 0.3) is 22.4 Å². The summed E-state index contributed by atoms with van der Waals surface area (Å²) in [5.74, 6) is -0.500. The predicted octanol–water partition coefficient (Wildman–Crippen LogP) is 3.93. The zero-order valence-corrected chi connectivity index (χ0v) is 21.0. The first-order valence-electron chi connectivity index (χ1n) is 11.9. The Bertz CT molecular complexity index is 1430. The van der Waals surface area contributed by atoms with Crippen molar-refractivity contribution < 1.29 is 9.50 Å². The highest BCUT2D eigenvalue weighted by Gasteiger charge is 2.23. The average molecular weight is 510 g/mol. The van der Waals surface area contributed by atoms with Crippen LogP contribution in [0, 0.1) is 5.82 Å². The van der Waals surface area contributed by atoms with Gasteiger partial charge in [0, 0.05) is 74.2 Å². The van der Waals surface area contributed by atoms with Crippen LogP contribution in [-0.2, 0) is 7.05 Å². The maximum Gasteiger partial charge on any atom is 0.332 e. The van der Waals surface area contributed by atoms with Crippen LogP contribution in [0.15, 0.2) is 65.5 Å². The molecule has 2 aliphatic rings. The third-order valence-electron chi connectivity index (χ3n) is 6.89. The zero-order chi connectivity index (χ0) is 25.6. The Balaban J connectivity index is 1.52. The number of hydrogen-bond acceptors (Lipinski definition) is 5. The number of piperidine rings is 1. The summed E-state index contributed by atoms with van der Waals surface area (Å²) >= 11 is 6.52. The molecule has 0 spiro atoms. The first kappa shape index (κ1) is 24.2. The van der Waals surface area contributed by atoms with Crippen molar-refractivity contribution in [3.63, 3.8) is 0 Å². The molecular weight excluding hydrogens is 481 g/mol. The van der Waals surface area contributed by atoms with Crippen molar-refractivity contribution in [1.29, 1.82) is 0 Å². The van der Waals surface area contributed by atoms with Gasteiger partial charge in [0.05, 0.1) is 17.3 Å². The highest BCUT2D eigenvalue weighted by Crippen LogP contribution is 2.40. The molecule has 0 unspecified atom stereocenters. The van der Waals surface area contributed by atoms with Crippen molar-refractivity contribution in [1.82, 2.24) is 18.9 Å². The van der Waals surface area contributed by atoms with Gasteiger partial charge in [0.25, 0.3) is 0 Å². The Morgan fingerprint density at radius 2 is 1.81 bits per heavy atom. The largest absolute Gasteiger partial charge is 0.507 e. The van der Waals surface area contributed by atoms with Gasteiger partial charge in [0.15, 0.2) is 0 Å². The number of aryl methyl sites for hydroxylation is 1. The van der Waals surface area contributed by atoms with Crippen molar-refractivity contribution in [2.75, 3.05) is 26.7 Å². The molecular formula is C27H29ClFN5O2. The van der Waals surface area contributed by atoms with E-state index in [0.717, 1.165) is 43.7 Å². The summed E-state index contributed by atoms with van der Waals surface area (Å²) in [6.45, 7) is 2.49. The molecule has 0 atom stereocenters. The number of phenolic OH excluding ortho intramolecular Hbond substituents is 1. The highest BCUT2D eigenvalue weighted by atomic mass is 35.5. The van der Waals surface area contributed by atoms with E-state index >= 15 is 0 Å². The summed E-state index contributed by atoms with van der Waals surface area (Å²) in [6, 6.07) is 7.92. The van der Waals surface area contributed by atoms with E-state index < -0.39 is 5.82 Å². The average Bonchev–Trinajstić information content (AvgIpc) is 3.18. The quantitative estimate of drug-likeness (QED) is 0.557. The van der Waals surface area contributed by atoms with E-state index in [1.54, 1.807) is 37.6 Å². The molecule has 0 amide bonds. The molecule has 3 heterocycles. The Labute approximate surface area is 214 Å². The number of imidazole rings is 1. The van der Waals surface area contributed by atoms with Crippen LogP contribution in [0.5, 0.6) is 5.75 Å². The molecule has 0 aliphatic carbocycles. The SMILES string of the molecule is CN1C=C(c2cc(F)cc(-c3ccc(-n4ccn(C)c4=O)c(Cl)c3)c2O)C=C(N2CCC(N)CC2)C1. The molecule has 188 valence electrons. The first-order valence-corrected chi connectivity index (χ1v) is 12.3. The molecule has 0 saturated carbocycles. The molecule has 1 saturated heterocycles. The summed E-state index contributed by atoms with van der Waals surface area (Å²) in [5, 5.41) is 11.6. The minimum Gasteiger partial charge on any atom is -0.507 e. The molecule has 5 rings (SSSR count). The van der Waals surface area contributed by atoms with Crippen molar-refractivity contribution in [3.05, 3.63) is 87.6 Å². The standard InChI is InChI=1S/C27H29ClFN5O2/c1-31-15-18(11-21(16-31)33-7-5-20(30)6-8-33)23-14-19(29)13-22(26(23)35)17-3-4-25(24(28)12-17)34-10-9-32(2)27(34)36/h3-4,9-15,20,35H,5-8,16,30H2,1-2H3. The monoisotopic (exact) mass is 509 g/mol. The van der Waals surface area contributed by atoms with Gasteiger partial charge < -0.3 is 25.2 Å². The van der Waals surface area contributed by atoms with Gasteiger partial charge in [-0.2, -0.15) is 0 Å². The number of nitrogens with two attached hydrogens (primary N) is 1. The van der Waals surface area contributed by atoms with Gasteiger partial charge in [-0.15, -0.1) is 0 Å². The van der Waals surface area contributed by atoms with Gasteiger partial charge in [-0.3, -0.25) is 4.57 Å². The van der Waals surface area contributed by atoms with Crippen molar-refractivity contribution in [3.8, 4) is 22.6 Å². The fourth-order valence-electron chi connectivity index (χ4n) is 4.88. The van der Waals surface area contributed by atoms with Crippen LogP contribution in [0.3, 0.4) is 0 Å². The number of hydrogen-bond donors (Lipinski definition) is 2. The van der Waals surface area contributed by atoms with E-state index in [0.29, 0.717) is 27.4 Å². The van der Waals surface area contributed by atoms with Crippen molar-refractivity contribution in [2.24, 2.45) is 12.8 Å². The van der Waals surface area contributed by atoms with Crippen LogP contribution in [-0.4, -0.2) is 56.8 Å². The second-order valence-electron chi connectivity index (χ2n) is 9.54. The maximum absolute atomic E-state index is 14.9. The van der Waals surface area contributed by atoms with Crippen molar-refractivity contribution in [2.45, 2.75) is 18.9 Å². The smallest absolute Gasteiger partial charge is 0.332 e. The Kier molecular flexibility index (Phi) is 6.40. The molecule has 0 radical (unpaired) electrons. The van der Waals surface area contributed by atoms with Gasteiger partial charge in [-0.25, -0.2) is 9.18 Å². The minimum absolute atomic E-state index is 0.0325. The molecule has 3 N–H and O–H groups in total. The Morgan fingerprint density at radius 1 is 1.08 bits per heavy atom. The molecule has 1 aromatic heterocycles. The first-order chi connectivity index (χ1) is 17.2. The summed E-state index contributed by atoms with van der Waals surface area (Å²) in [7, 11) is 3.62. The third kappa shape index (κ3) is 4.54. The summed E-state index contributed by atoms with van der Waals surface area (Å²) in [5.41, 5.74) is 9.47. The van der Waals surface area contributed by atoms with E-state index in [-0.39, 0.29) is 17.5 Å². The molecule has 2 aliphatic heterocycles. The molecule has 1 fully saturated rings. The molecule has 3 aromatic rings. The van der Waals surface area contributed by atoms with E-state index in [1.807, 2.05) is 24.2 Å². The zero-order valence-electron chi connectivity index (χ0n) is 20.3. The van der Waals surface area contributed by atoms with E-state index in [2.05, 4.69) is 4.90 Å². The van der Waals surface area contributed by atoms with Crippen LogP contribution >= 0.6 is 11.6 Å². The Hall–Kier alpha value is -3.49. The number of nitrogens with zero attached hydrogens (tertiary/aromatic N) is 4. The second kappa shape index (κ2) is 9.52. The number of aromatic nitrogens is 2. The summed E-state index contributed by atoms with van der Waals surface area (Å²) < 4.78 is 17.7. The van der Waals surface area contributed by atoms with Crippen LogP contribution in [0.1, 0.15) is 18.4 Å². The van der Waals surface area contributed by atoms with E-state index in [4.69, 9.17) is 17.3 Å². The predicted molar refractivity (Wildman–Crippen MR) is 141 cm³/mol. The van der Waals surface area contributed by atoms with E-state index in [1.165, 1.54) is 21.3 Å². The number of likely N-dealkylation sites (tertiary alicyclic amines) is 1. The number of rotatable bonds is 4. The lowest BCUT2D eigenvalue weighted by molar-refractivity contribution is 0.245. The fraction of sp³-hybridized carbons (Fsp3) is 0.296. The molecule has 36 heavy (non-hydrogen) atoms. The fourth-order valence-corrected chi connectivity index (χ4v) is 5.15. The number of phenols is 1. The number of likely N-dealkylation sites (N-methyl/N-ethyl adjacent to an activating group) is 1. The maximum atomic E-state index is 14.9. The topological polar surface area (TPSA) is 79.7 Å². The van der Waals surface area contributed by atoms with Gasteiger partial charge in [0.2, 0.25) is 0 Å². The second-order valence-corrected chi connectivity index (χ2v) is 9.94. The lowest BCUT2D eigenvalue weighted by atomic mass is 9.95. The number of halogens is 2. The molecule has 7 nitrogen and oxygen atoms in total. The van der Waals surface area contributed by atoms with E-state index in [9.17, 15) is 14.3 Å². The summed E-state index contributed by atoms with van der Waals surface area (Å²) in [6.07, 6.45) is 9.07. The Morgan fingerprint density at radius 3 is 2.47 bits per heavy atom. The molecule has 0 bridgehead atoms. The van der Waals surface area contributed by atoms with Gasteiger partial charge in [0.1, 0.15) is 11.6 Å². The normalized spacial score (nSPS) is 16.8. The van der Waals surface area contributed by atoms with Crippen molar-refractivity contribution >= 4 is 17.2 Å². The highest BCUT2D eigenvalue weighted by molar-refractivity contribution is 6.32. The minimum atomic E-state index is -0.467.